The van der Waals surface area contributed by atoms with Crippen molar-refractivity contribution >= 4 is 32.8 Å². The Morgan fingerprint density at radius 1 is 1.62 bits per heavy atom. The van der Waals surface area contributed by atoms with Gasteiger partial charge in [-0.15, -0.1) is 0 Å². The molecule has 0 radical (unpaired) electrons. The van der Waals surface area contributed by atoms with E-state index in [-0.39, 0.29) is 6.61 Å². The first-order valence-corrected chi connectivity index (χ1v) is 4.84. The van der Waals surface area contributed by atoms with Crippen molar-refractivity contribution in [3.05, 3.63) is 28.2 Å². The highest BCUT2D eigenvalue weighted by Crippen LogP contribution is 2.25. The van der Waals surface area contributed by atoms with Gasteiger partial charge in [0.2, 0.25) is 0 Å². The average Bonchev–Trinajstić information content (AvgIpc) is 2.02. The second-order valence-electron chi connectivity index (χ2n) is 2.58. The molecule has 0 aliphatic rings. The second kappa shape index (κ2) is 4.63. The normalized spacial score (nSPS) is 9.77. The van der Waals surface area contributed by atoms with Gasteiger partial charge in [-0.1, -0.05) is 6.07 Å². The minimum atomic E-state index is -0.507. The molecule has 4 heteroatoms. The lowest BCUT2D eigenvalue weighted by Gasteiger charge is -2.05. The maximum Gasteiger partial charge on any atom is 0.259 e. The summed E-state index contributed by atoms with van der Waals surface area (Å²) in [5.41, 5.74) is 1.12. The number of hydrogen-bond donors (Lipinski definition) is 0. The van der Waals surface area contributed by atoms with Crippen LogP contribution >= 0.6 is 27.5 Å². The van der Waals surface area contributed by atoms with Crippen LogP contribution in [0.3, 0.4) is 0 Å². The van der Waals surface area contributed by atoms with Crippen LogP contribution < -0.4 is 4.74 Å². The molecule has 1 aromatic carbocycles. The summed E-state index contributed by atoms with van der Waals surface area (Å²) in [6.45, 7) is 1.87. The molecule has 0 fully saturated rings. The van der Waals surface area contributed by atoms with Gasteiger partial charge in [-0.25, -0.2) is 0 Å². The molecule has 0 aliphatic heterocycles. The summed E-state index contributed by atoms with van der Waals surface area (Å²) in [6, 6.07) is 5.60. The van der Waals surface area contributed by atoms with Crippen LogP contribution in [-0.2, 0) is 4.79 Å². The molecule has 0 saturated carbocycles. The summed E-state index contributed by atoms with van der Waals surface area (Å²) in [5, 5.41) is -0.507. The summed E-state index contributed by atoms with van der Waals surface area (Å²) in [6.07, 6.45) is 0. The third-order valence-electron chi connectivity index (χ3n) is 1.43. The topological polar surface area (TPSA) is 26.3 Å². The standard InChI is InChI=1S/C9H8BrClO2/c1-6-2-3-8(7(10)4-6)13-5-9(11)12/h2-4H,5H2,1H3. The zero-order chi connectivity index (χ0) is 9.84. The molecule has 13 heavy (non-hydrogen) atoms. The molecule has 2 nitrogen and oxygen atoms in total. The van der Waals surface area contributed by atoms with E-state index in [1.54, 1.807) is 6.07 Å². The molecule has 0 saturated heterocycles. The fourth-order valence-corrected chi connectivity index (χ4v) is 1.52. The van der Waals surface area contributed by atoms with E-state index >= 15 is 0 Å². The Balaban J connectivity index is 2.72. The number of carbonyl (C=O) groups excluding carboxylic acids is 1. The van der Waals surface area contributed by atoms with E-state index in [9.17, 15) is 4.79 Å². The van der Waals surface area contributed by atoms with Crippen LogP contribution in [0.2, 0.25) is 0 Å². The molecule has 0 heterocycles. The number of halogens is 2. The van der Waals surface area contributed by atoms with Crippen molar-refractivity contribution in [2.24, 2.45) is 0 Å². The number of aryl methyl sites for hydroxylation is 1. The van der Waals surface area contributed by atoms with Crippen molar-refractivity contribution in [3.8, 4) is 5.75 Å². The Kier molecular flexibility index (Phi) is 3.75. The lowest BCUT2D eigenvalue weighted by atomic mass is 10.2. The molecule has 0 unspecified atom stereocenters. The molecular formula is C9H8BrClO2. The van der Waals surface area contributed by atoms with Crippen molar-refractivity contribution < 1.29 is 9.53 Å². The molecule has 0 N–H and O–H groups in total. The van der Waals surface area contributed by atoms with Gasteiger partial charge in [0.1, 0.15) is 5.75 Å². The minimum absolute atomic E-state index is 0.108. The lowest BCUT2D eigenvalue weighted by Crippen LogP contribution is -2.04. The first kappa shape index (κ1) is 10.5. The van der Waals surface area contributed by atoms with Gasteiger partial charge in [0.25, 0.3) is 5.24 Å². The van der Waals surface area contributed by atoms with Gasteiger partial charge < -0.3 is 4.74 Å². The van der Waals surface area contributed by atoms with Crippen molar-refractivity contribution in [2.45, 2.75) is 6.92 Å². The zero-order valence-corrected chi connectivity index (χ0v) is 9.35. The van der Waals surface area contributed by atoms with Gasteiger partial charge in [0, 0.05) is 0 Å². The van der Waals surface area contributed by atoms with E-state index in [4.69, 9.17) is 16.3 Å². The average molecular weight is 264 g/mol. The van der Waals surface area contributed by atoms with Crippen LogP contribution in [0, 0.1) is 6.92 Å². The van der Waals surface area contributed by atoms with Crippen molar-refractivity contribution in [1.82, 2.24) is 0 Å². The van der Waals surface area contributed by atoms with Crippen molar-refractivity contribution in [3.63, 3.8) is 0 Å². The van der Waals surface area contributed by atoms with E-state index in [1.807, 2.05) is 19.1 Å². The molecule has 70 valence electrons. The fourth-order valence-electron chi connectivity index (χ4n) is 0.857. The Bertz CT molecular complexity index is 325. The summed E-state index contributed by atoms with van der Waals surface area (Å²) < 4.78 is 5.95. The van der Waals surface area contributed by atoms with Crippen LogP contribution in [0.1, 0.15) is 5.56 Å². The highest BCUT2D eigenvalue weighted by molar-refractivity contribution is 9.10. The summed E-state index contributed by atoms with van der Waals surface area (Å²) in [5.74, 6) is 0.625. The van der Waals surface area contributed by atoms with Crippen LogP contribution in [0.25, 0.3) is 0 Å². The maximum absolute atomic E-state index is 10.4. The first-order chi connectivity index (χ1) is 6.09. The van der Waals surface area contributed by atoms with Crippen LogP contribution in [0.4, 0.5) is 0 Å². The number of hydrogen-bond acceptors (Lipinski definition) is 2. The highest BCUT2D eigenvalue weighted by atomic mass is 79.9. The first-order valence-electron chi connectivity index (χ1n) is 3.67. The monoisotopic (exact) mass is 262 g/mol. The van der Waals surface area contributed by atoms with Gasteiger partial charge in [-0.2, -0.15) is 0 Å². The summed E-state index contributed by atoms with van der Waals surface area (Å²) in [7, 11) is 0. The quantitative estimate of drug-likeness (QED) is 0.784. The maximum atomic E-state index is 10.4. The molecule has 0 aliphatic carbocycles. The molecule has 0 amide bonds. The molecule has 0 aromatic heterocycles. The Hall–Kier alpha value is -0.540. The minimum Gasteiger partial charge on any atom is -0.483 e. The zero-order valence-electron chi connectivity index (χ0n) is 7.01. The fraction of sp³-hybridized carbons (Fsp3) is 0.222. The molecule has 0 atom stereocenters. The number of rotatable bonds is 3. The smallest absolute Gasteiger partial charge is 0.259 e. The SMILES string of the molecule is Cc1ccc(OCC(=O)Cl)c(Br)c1. The van der Waals surface area contributed by atoms with Crippen LogP contribution in [-0.4, -0.2) is 11.8 Å². The van der Waals surface area contributed by atoms with E-state index in [0.717, 1.165) is 10.0 Å². The Morgan fingerprint density at radius 3 is 2.85 bits per heavy atom. The van der Waals surface area contributed by atoms with E-state index < -0.39 is 5.24 Å². The number of carbonyl (C=O) groups is 1. The predicted octanol–water partition coefficient (Wildman–Crippen LogP) is 2.90. The highest BCUT2D eigenvalue weighted by Gasteiger charge is 2.02. The van der Waals surface area contributed by atoms with E-state index in [0.29, 0.717) is 5.75 Å². The Morgan fingerprint density at radius 2 is 2.31 bits per heavy atom. The third-order valence-corrected chi connectivity index (χ3v) is 2.16. The van der Waals surface area contributed by atoms with Gasteiger partial charge in [0.15, 0.2) is 6.61 Å². The Labute approximate surface area is 90.0 Å². The lowest BCUT2D eigenvalue weighted by molar-refractivity contribution is -0.113. The summed E-state index contributed by atoms with van der Waals surface area (Å²) >= 11 is 8.45. The third kappa shape index (κ3) is 3.36. The van der Waals surface area contributed by atoms with E-state index in [2.05, 4.69) is 15.9 Å². The molecule has 0 bridgehead atoms. The molecule has 1 aromatic rings. The van der Waals surface area contributed by atoms with Gasteiger partial charge >= 0.3 is 0 Å². The van der Waals surface area contributed by atoms with Gasteiger partial charge in [-0.3, -0.25) is 4.79 Å². The van der Waals surface area contributed by atoms with E-state index in [1.165, 1.54) is 0 Å². The molecule has 0 spiro atoms. The number of benzene rings is 1. The van der Waals surface area contributed by atoms with Crippen molar-refractivity contribution in [1.29, 1.82) is 0 Å². The van der Waals surface area contributed by atoms with Gasteiger partial charge in [-0.05, 0) is 52.2 Å². The van der Waals surface area contributed by atoms with Gasteiger partial charge in [0.05, 0.1) is 4.47 Å². The molecule has 1 rings (SSSR count). The van der Waals surface area contributed by atoms with Crippen LogP contribution in [0.15, 0.2) is 22.7 Å². The largest absolute Gasteiger partial charge is 0.483 e. The van der Waals surface area contributed by atoms with Crippen LogP contribution in [0.5, 0.6) is 5.75 Å². The van der Waals surface area contributed by atoms with Crippen molar-refractivity contribution in [2.75, 3.05) is 6.61 Å². The summed E-state index contributed by atoms with van der Waals surface area (Å²) in [4.78, 5) is 10.4. The molecular weight excluding hydrogens is 255 g/mol. The second-order valence-corrected chi connectivity index (χ2v) is 3.85. The number of ether oxygens (including phenoxy) is 1. The predicted molar refractivity (Wildman–Crippen MR) is 55.2 cm³/mol.